The van der Waals surface area contributed by atoms with Crippen LogP contribution >= 0.6 is 23.5 Å². The number of hydrogen-bond donors (Lipinski definition) is 2. The van der Waals surface area contributed by atoms with Crippen LogP contribution in [0, 0.1) is 29.1 Å². The molecule has 0 aromatic carbocycles. The van der Waals surface area contributed by atoms with Crippen molar-refractivity contribution in [2.45, 2.75) is 90.5 Å². The Balaban J connectivity index is 1.46. The van der Waals surface area contributed by atoms with Crippen molar-refractivity contribution < 1.29 is 4.79 Å². The van der Waals surface area contributed by atoms with E-state index >= 15 is 0 Å². The number of nitrogens with zero attached hydrogens (tertiary/aromatic N) is 2. The predicted octanol–water partition coefficient (Wildman–Crippen LogP) is 4.98. The minimum absolute atomic E-state index is 0.143. The summed E-state index contributed by atoms with van der Waals surface area (Å²) in [6.07, 6.45) is 9.59. The molecule has 3 atom stereocenters. The maximum atomic E-state index is 13.1. The Bertz CT molecular complexity index is 626. The number of unbranched alkanes of at least 4 members (excludes halogenated alkanes) is 1. The van der Waals surface area contributed by atoms with Crippen LogP contribution in [0.5, 0.6) is 0 Å². The zero-order valence-electron chi connectivity index (χ0n) is 22.2. The molecule has 2 aliphatic heterocycles. The van der Waals surface area contributed by atoms with Gasteiger partial charge in [-0.1, -0.05) is 39.6 Å². The zero-order valence-corrected chi connectivity index (χ0v) is 23.8. The molecule has 3 rings (SSSR count). The molecule has 7 heteroatoms. The second-order valence-corrected chi connectivity index (χ2v) is 13.7. The fourth-order valence-corrected chi connectivity index (χ4v) is 7.39. The molecular weight excluding hydrogens is 464 g/mol. The molecular formula is C27H51ClN4OS. The lowest BCUT2D eigenvalue weighted by Crippen LogP contribution is -2.54. The minimum atomic E-state index is 0.143. The predicted molar refractivity (Wildman–Crippen MR) is 147 cm³/mol. The summed E-state index contributed by atoms with van der Waals surface area (Å²) >= 11 is 7.81. The van der Waals surface area contributed by atoms with E-state index in [4.69, 9.17) is 16.7 Å². The highest BCUT2D eigenvalue weighted by Gasteiger charge is 2.41. The van der Waals surface area contributed by atoms with E-state index in [-0.39, 0.29) is 17.9 Å². The van der Waals surface area contributed by atoms with E-state index in [9.17, 15) is 4.79 Å². The molecule has 3 aliphatic rings. The lowest BCUT2D eigenvalue weighted by Gasteiger charge is -2.49. The van der Waals surface area contributed by atoms with E-state index in [2.05, 4.69) is 42.8 Å². The average Bonchev–Trinajstić information content (AvgIpc) is 3.26. The second kappa shape index (κ2) is 13.5. The molecule has 0 aromatic heterocycles. The van der Waals surface area contributed by atoms with E-state index in [0.29, 0.717) is 16.7 Å². The zero-order chi connectivity index (χ0) is 24.7. The number of carbonyl (C=O) groups is 1. The molecule has 1 amide bonds. The maximum absolute atomic E-state index is 13.1. The standard InChI is InChI=1S/C27H51ClN4OS/c1-20(2)25(30-26(33)22-11-14-31(17-22)13-5-6-16-34-29)18-32-15-12-24(27(3,4)19-32)21-7-9-23(28)10-8-21/h20-25H,5-19,29H2,1-4H3,(H,30,33)/t21?,22-,23?,24-,25+/m1/s1. The van der Waals surface area contributed by atoms with Gasteiger partial charge in [-0.25, -0.2) is 0 Å². The van der Waals surface area contributed by atoms with E-state index in [1.807, 2.05) is 0 Å². The molecule has 3 fully saturated rings. The van der Waals surface area contributed by atoms with Crippen molar-refractivity contribution in [1.82, 2.24) is 15.1 Å². The minimum Gasteiger partial charge on any atom is -0.352 e. The molecule has 3 N–H and O–H groups in total. The Morgan fingerprint density at radius 1 is 1.09 bits per heavy atom. The van der Waals surface area contributed by atoms with E-state index < -0.39 is 0 Å². The van der Waals surface area contributed by atoms with Crippen molar-refractivity contribution in [3.63, 3.8) is 0 Å². The van der Waals surface area contributed by atoms with E-state index in [1.165, 1.54) is 50.5 Å². The highest BCUT2D eigenvalue weighted by Crippen LogP contribution is 2.45. The lowest BCUT2D eigenvalue weighted by molar-refractivity contribution is -0.126. The van der Waals surface area contributed by atoms with Crippen LogP contribution < -0.4 is 10.5 Å². The van der Waals surface area contributed by atoms with Crippen LogP contribution in [0.4, 0.5) is 0 Å². The first kappa shape index (κ1) is 28.6. The van der Waals surface area contributed by atoms with Gasteiger partial charge in [0, 0.05) is 36.8 Å². The second-order valence-electron chi connectivity index (χ2n) is 12.4. The van der Waals surface area contributed by atoms with Crippen LogP contribution in [-0.2, 0) is 4.79 Å². The number of rotatable bonds is 11. The van der Waals surface area contributed by atoms with Crippen LogP contribution in [-0.4, -0.2) is 72.1 Å². The van der Waals surface area contributed by atoms with Gasteiger partial charge in [0.25, 0.3) is 0 Å². The summed E-state index contributed by atoms with van der Waals surface area (Å²) < 4.78 is 0. The molecule has 1 saturated carbocycles. The van der Waals surface area contributed by atoms with Crippen LogP contribution in [0.1, 0.15) is 79.1 Å². The first-order chi connectivity index (χ1) is 16.2. The summed E-state index contributed by atoms with van der Waals surface area (Å²) in [6.45, 7) is 15.8. The molecule has 198 valence electrons. The van der Waals surface area contributed by atoms with Crippen molar-refractivity contribution >= 4 is 29.5 Å². The van der Waals surface area contributed by atoms with Gasteiger partial charge < -0.3 is 15.1 Å². The monoisotopic (exact) mass is 514 g/mol. The topological polar surface area (TPSA) is 61.6 Å². The van der Waals surface area contributed by atoms with E-state index in [1.54, 1.807) is 0 Å². The van der Waals surface area contributed by atoms with Gasteiger partial charge in [-0.05, 0) is 94.2 Å². The Labute approximate surface area is 218 Å². The van der Waals surface area contributed by atoms with E-state index in [0.717, 1.165) is 69.7 Å². The number of nitrogens with two attached hydrogens (primary N) is 1. The Morgan fingerprint density at radius 2 is 1.79 bits per heavy atom. The van der Waals surface area contributed by atoms with Crippen LogP contribution in [0.25, 0.3) is 0 Å². The molecule has 2 heterocycles. The molecule has 0 bridgehead atoms. The summed E-state index contributed by atoms with van der Waals surface area (Å²) in [7, 11) is 0. The molecule has 0 unspecified atom stereocenters. The number of piperidine rings is 1. The quantitative estimate of drug-likeness (QED) is 0.231. The van der Waals surface area contributed by atoms with Gasteiger partial charge in [0.05, 0.1) is 5.92 Å². The Kier molecular flexibility index (Phi) is 11.3. The van der Waals surface area contributed by atoms with Gasteiger partial charge in [-0.2, -0.15) is 0 Å². The number of likely N-dealkylation sites (tertiary alicyclic amines) is 2. The summed E-state index contributed by atoms with van der Waals surface area (Å²) in [5.41, 5.74) is 0.321. The molecule has 1 aliphatic carbocycles. The summed E-state index contributed by atoms with van der Waals surface area (Å²) in [6, 6.07) is 0.224. The summed E-state index contributed by atoms with van der Waals surface area (Å²) in [4.78, 5) is 18.2. The third-order valence-corrected chi connectivity index (χ3v) is 9.84. The highest BCUT2D eigenvalue weighted by molar-refractivity contribution is 7.97. The molecule has 34 heavy (non-hydrogen) atoms. The van der Waals surface area contributed by atoms with Crippen molar-refractivity contribution in [2.75, 3.05) is 45.0 Å². The largest absolute Gasteiger partial charge is 0.352 e. The summed E-state index contributed by atoms with van der Waals surface area (Å²) in [5, 5.41) is 9.39. The van der Waals surface area contributed by atoms with Crippen LogP contribution in [0.2, 0.25) is 0 Å². The fraction of sp³-hybridized carbons (Fsp3) is 0.963. The average molecular weight is 515 g/mol. The number of hydrogen-bond acceptors (Lipinski definition) is 5. The highest BCUT2D eigenvalue weighted by atomic mass is 35.5. The van der Waals surface area contributed by atoms with Gasteiger partial charge in [0.15, 0.2) is 0 Å². The third kappa shape index (κ3) is 8.26. The third-order valence-electron chi connectivity index (χ3n) is 8.88. The Hall–Kier alpha value is -0.0100. The number of halogens is 1. The fourth-order valence-electron chi connectivity index (χ4n) is 6.77. The van der Waals surface area contributed by atoms with Crippen molar-refractivity contribution in [1.29, 1.82) is 0 Å². The lowest BCUT2D eigenvalue weighted by atomic mass is 9.64. The smallest absolute Gasteiger partial charge is 0.224 e. The van der Waals surface area contributed by atoms with Gasteiger partial charge in [-0.3, -0.25) is 9.93 Å². The maximum Gasteiger partial charge on any atom is 0.224 e. The molecule has 0 aromatic rings. The Morgan fingerprint density at radius 3 is 2.44 bits per heavy atom. The molecule has 5 nitrogen and oxygen atoms in total. The van der Waals surface area contributed by atoms with Crippen LogP contribution in [0.15, 0.2) is 0 Å². The van der Waals surface area contributed by atoms with Crippen LogP contribution in [0.3, 0.4) is 0 Å². The molecule has 0 spiro atoms. The van der Waals surface area contributed by atoms with Gasteiger partial charge in [-0.15, -0.1) is 11.6 Å². The summed E-state index contributed by atoms with van der Waals surface area (Å²) in [5.74, 6) is 3.52. The van der Waals surface area contributed by atoms with Gasteiger partial charge in [0.2, 0.25) is 5.91 Å². The van der Waals surface area contributed by atoms with Crippen molar-refractivity contribution in [3.05, 3.63) is 0 Å². The number of alkyl halides is 1. The number of carbonyl (C=O) groups excluding carboxylic acids is 1. The van der Waals surface area contributed by atoms with Gasteiger partial charge >= 0.3 is 0 Å². The first-order valence-corrected chi connectivity index (χ1v) is 15.4. The number of nitrogens with one attached hydrogen (secondary N) is 1. The number of amides is 1. The molecule has 2 saturated heterocycles. The SMILES string of the molecule is CC(C)[C@H](CN1CC[C@H](C2CCC(Cl)CC2)C(C)(C)C1)NC(=O)[C@@H]1CCN(CCCCSN)C1. The van der Waals surface area contributed by atoms with Gasteiger partial charge in [0.1, 0.15) is 0 Å². The normalized spacial score (nSPS) is 31.6. The molecule has 0 radical (unpaired) electrons. The first-order valence-electron chi connectivity index (χ1n) is 13.9. The van der Waals surface area contributed by atoms with Crippen molar-refractivity contribution in [3.8, 4) is 0 Å². The van der Waals surface area contributed by atoms with Crippen molar-refractivity contribution in [2.24, 2.45) is 34.2 Å².